The molecule has 0 N–H and O–H groups in total. The van der Waals surface area contributed by atoms with Crippen LogP contribution in [-0.2, 0) is 13.5 Å². The second-order valence-electron chi connectivity index (χ2n) is 4.16. The highest BCUT2D eigenvalue weighted by Crippen LogP contribution is 2.26. The van der Waals surface area contributed by atoms with E-state index in [1.165, 1.54) is 12.1 Å². The van der Waals surface area contributed by atoms with Gasteiger partial charge < -0.3 is 4.74 Å². The Kier molecular flexibility index (Phi) is 4.37. The number of nitrogens with zero attached hydrogens (tertiary/aromatic N) is 2. The summed E-state index contributed by atoms with van der Waals surface area (Å²) in [6, 6.07) is 7.59. The predicted molar refractivity (Wildman–Crippen MR) is 72.8 cm³/mol. The Morgan fingerprint density at radius 3 is 2.45 bits per heavy atom. The molecule has 0 saturated heterocycles. The second-order valence-corrected chi connectivity index (χ2v) is 4.95. The summed E-state index contributed by atoms with van der Waals surface area (Å²) >= 11 is 3.36. The molecule has 0 aliphatic heterocycles. The lowest BCUT2D eigenvalue weighted by Crippen LogP contribution is -2.16. The number of hydrogen-bond donors (Lipinski definition) is 0. The van der Waals surface area contributed by atoms with Crippen molar-refractivity contribution in [2.45, 2.75) is 12.8 Å². The molecule has 108 valence electrons. The number of ether oxygens (including phenoxy) is 1. The average Bonchev–Trinajstić information content (AvgIpc) is 2.70. The summed E-state index contributed by atoms with van der Waals surface area (Å²) in [7, 11) is 1.84. The quantitative estimate of drug-likeness (QED) is 0.783. The van der Waals surface area contributed by atoms with E-state index in [1.807, 2.05) is 13.1 Å². The van der Waals surface area contributed by atoms with Crippen LogP contribution in [0.25, 0.3) is 11.3 Å². The van der Waals surface area contributed by atoms with Gasteiger partial charge in [-0.15, -0.1) is 13.2 Å². The van der Waals surface area contributed by atoms with Crippen LogP contribution >= 0.6 is 15.9 Å². The lowest BCUT2D eigenvalue weighted by Gasteiger charge is -2.08. The van der Waals surface area contributed by atoms with Gasteiger partial charge >= 0.3 is 6.36 Å². The van der Waals surface area contributed by atoms with Crippen LogP contribution in [0.15, 0.2) is 30.3 Å². The first-order valence-electron chi connectivity index (χ1n) is 5.84. The van der Waals surface area contributed by atoms with Crippen LogP contribution in [0.1, 0.15) is 5.69 Å². The zero-order valence-corrected chi connectivity index (χ0v) is 12.2. The molecule has 2 rings (SSSR count). The normalized spacial score (nSPS) is 11.7. The Hall–Kier alpha value is -1.50. The van der Waals surface area contributed by atoms with Crippen molar-refractivity contribution in [2.75, 3.05) is 5.33 Å². The molecule has 0 radical (unpaired) electrons. The molecule has 2 aromatic rings. The van der Waals surface area contributed by atoms with Gasteiger partial charge in [0.2, 0.25) is 0 Å². The van der Waals surface area contributed by atoms with Gasteiger partial charge in [-0.25, -0.2) is 0 Å². The van der Waals surface area contributed by atoms with E-state index in [0.29, 0.717) is 0 Å². The van der Waals surface area contributed by atoms with Crippen LogP contribution in [0.4, 0.5) is 13.2 Å². The molecular weight excluding hydrogens is 337 g/mol. The maximum Gasteiger partial charge on any atom is 0.573 e. The first-order valence-corrected chi connectivity index (χ1v) is 6.96. The SMILES string of the molecule is Cn1nc(-c2ccc(OC(F)(F)F)cc2)cc1CCBr. The molecule has 1 aromatic carbocycles. The largest absolute Gasteiger partial charge is 0.573 e. The summed E-state index contributed by atoms with van der Waals surface area (Å²) in [4.78, 5) is 0. The van der Waals surface area contributed by atoms with E-state index < -0.39 is 6.36 Å². The molecule has 1 aromatic heterocycles. The van der Waals surface area contributed by atoms with E-state index in [2.05, 4.69) is 25.8 Å². The van der Waals surface area contributed by atoms with Crippen molar-refractivity contribution >= 4 is 15.9 Å². The predicted octanol–water partition coefficient (Wildman–Crippen LogP) is 3.92. The van der Waals surface area contributed by atoms with Crippen LogP contribution in [0.2, 0.25) is 0 Å². The molecule has 20 heavy (non-hydrogen) atoms. The van der Waals surface area contributed by atoms with Crippen LogP contribution in [-0.4, -0.2) is 21.5 Å². The number of benzene rings is 1. The third-order valence-electron chi connectivity index (χ3n) is 2.71. The standard InChI is InChI=1S/C13H12BrF3N2O/c1-19-10(6-7-14)8-12(18-19)9-2-4-11(5-3-9)20-13(15,16)17/h2-5,8H,6-7H2,1H3. The highest BCUT2D eigenvalue weighted by molar-refractivity contribution is 9.09. The molecule has 3 nitrogen and oxygen atoms in total. The zero-order chi connectivity index (χ0) is 14.8. The maximum atomic E-state index is 12.1. The summed E-state index contributed by atoms with van der Waals surface area (Å²) < 4.78 is 41.8. The first-order chi connectivity index (χ1) is 9.39. The minimum absolute atomic E-state index is 0.238. The Balaban J connectivity index is 2.19. The van der Waals surface area contributed by atoms with Gasteiger partial charge in [0.05, 0.1) is 5.69 Å². The minimum atomic E-state index is -4.67. The molecule has 1 heterocycles. The van der Waals surface area contributed by atoms with E-state index in [1.54, 1.807) is 16.8 Å². The molecule has 0 fully saturated rings. The highest BCUT2D eigenvalue weighted by Gasteiger charge is 2.30. The molecule has 0 atom stereocenters. The number of aryl methyl sites for hydroxylation is 2. The molecular formula is C13H12BrF3N2O. The lowest BCUT2D eigenvalue weighted by molar-refractivity contribution is -0.274. The fraction of sp³-hybridized carbons (Fsp3) is 0.308. The Morgan fingerprint density at radius 1 is 1.25 bits per heavy atom. The molecule has 0 aliphatic rings. The summed E-state index contributed by atoms with van der Waals surface area (Å²) in [5, 5.41) is 5.16. The number of hydrogen-bond acceptors (Lipinski definition) is 2. The number of aromatic nitrogens is 2. The zero-order valence-electron chi connectivity index (χ0n) is 10.6. The lowest BCUT2D eigenvalue weighted by atomic mass is 10.1. The minimum Gasteiger partial charge on any atom is -0.406 e. The molecule has 0 aliphatic carbocycles. The van der Waals surface area contributed by atoms with E-state index in [-0.39, 0.29) is 5.75 Å². The van der Waals surface area contributed by atoms with Gasteiger partial charge in [-0.2, -0.15) is 5.10 Å². The number of alkyl halides is 4. The van der Waals surface area contributed by atoms with Crippen LogP contribution < -0.4 is 4.74 Å². The van der Waals surface area contributed by atoms with Crippen molar-refractivity contribution in [3.05, 3.63) is 36.0 Å². The van der Waals surface area contributed by atoms with Gasteiger partial charge in [-0.1, -0.05) is 15.9 Å². The van der Waals surface area contributed by atoms with Crippen molar-refractivity contribution in [3.63, 3.8) is 0 Å². The average molecular weight is 349 g/mol. The van der Waals surface area contributed by atoms with Crippen molar-refractivity contribution in [1.29, 1.82) is 0 Å². The summed E-state index contributed by atoms with van der Waals surface area (Å²) in [6.45, 7) is 0. The topological polar surface area (TPSA) is 27.1 Å². The van der Waals surface area contributed by atoms with Crippen molar-refractivity contribution in [3.8, 4) is 17.0 Å². The molecule has 0 unspecified atom stereocenters. The Bertz CT molecular complexity index is 578. The third-order valence-corrected chi connectivity index (χ3v) is 3.11. The maximum absolute atomic E-state index is 12.1. The number of rotatable bonds is 4. The number of halogens is 4. The summed E-state index contributed by atoms with van der Waals surface area (Å²) in [5.41, 5.74) is 2.52. The van der Waals surface area contributed by atoms with Gasteiger partial charge in [-0.05, 0) is 36.8 Å². The van der Waals surface area contributed by atoms with Gasteiger partial charge in [0, 0.05) is 23.6 Å². The Labute approximate surface area is 122 Å². The Morgan fingerprint density at radius 2 is 1.90 bits per heavy atom. The summed E-state index contributed by atoms with van der Waals surface area (Å²) in [5.74, 6) is -0.238. The van der Waals surface area contributed by atoms with E-state index in [4.69, 9.17) is 0 Å². The van der Waals surface area contributed by atoms with Crippen molar-refractivity contribution < 1.29 is 17.9 Å². The van der Waals surface area contributed by atoms with Crippen molar-refractivity contribution in [1.82, 2.24) is 9.78 Å². The molecule has 7 heteroatoms. The molecule has 0 amide bonds. The van der Waals surface area contributed by atoms with Crippen LogP contribution in [0, 0.1) is 0 Å². The molecule has 0 spiro atoms. The van der Waals surface area contributed by atoms with Gasteiger partial charge in [-0.3, -0.25) is 4.68 Å². The van der Waals surface area contributed by atoms with Crippen LogP contribution in [0.3, 0.4) is 0 Å². The van der Waals surface area contributed by atoms with E-state index in [0.717, 1.165) is 28.7 Å². The first kappa shape index (κ1) is 14.9. The third kappa shape index (κ3) is 3.75. The molecule has 0 saturated carbocycles. The highest BCUT2D eigenvalue weighted by atomic mass is 79.9. The van der Waals surface area contributed by atoms with Gasteiger partial charge in [0.15, 0.2) is 0 Å². The fourth-order valence-corrected chi connectivity index (χ4v) is 2.21. The second kappa shape index (κ2) is 5.87. The van der Waals surface area contributed by atoms with Crippen molar-refractivity contribution in [2.24, 2.45) is 7.05 Å². The molecule has 0 bridgehead atoms. The van der Waals surface area contributed by atoms with E-state index in [9.17, 15) is 13.2 Å². The summed E-state index contributed by atoms with van der Waals surface area (Å²) in [6.07, 6.45) is -3.84. The van der Waals surface area contributed by atoms with Crippen LogP contribution in [0.5, 0.6) is 5.75 Å². The fourth-order valence-electron chi connectivity index (χ4n) is 1.81. The monoisotopic (exact) mass is 348 g/mol. The van der Waals surface area contributed by atoms with Gasteiger partial charge in [0.1, 0.15) is 5.75 Å². The smallest absolute Gasteiger partial charge is 0.406 e. The van der Waals surface area contributed by atoms with E-state index >= 15 is 0 Å². The van der Waals surface area contributed by atoms with Gasteiger partial charge in [0.25, 0.3) is 0 Å².